The van der Waals surface area contributed by atoms with E-state index in [4.69, 9.17) is 19.9 Å². The normalized spacial score (nSPS) is 13.9. The van der Waals surface area contributed by atoms with E-state index in [0.717, 1.165) is 0 Å². The predicted octanol–water partition coefficient (Wildman–Crippen LogP) is 2.23. The summed E-state index contributed by atoms with van der Waals surface area (Å²) < 4.78 is 17.5. The van der Waals surface area contributed by atoms with E-state index < -0.39 is 17.5 Å². The molecule has 0 aliphatic heterocycles. The van der Waals surface area contributed by atoms with Crippen molar-refractivity contribution < 1.29 is 19.3 Å². The molecule has 30 heavy (non-hydrogen) atoms. The second-order valence-electron chi connectivity index (χ2n) is 10.2. The lowest BCUT2D eigenvalue weighted by molar-refractivity contribution is -0.162. The van der Waals surface area contributed by atoms with Crippen molar-refractivity contribution in [2.24, 2.45) is 0 Å². The van der Waals surface area contributed by atoms with Crippen LogP contribution in [0.2, 0.25) is 0 Å². The Labute approximate surface area is 181 Å². The lowest BCUT2D eigenvalue weighted by atomic mass is 10.2. The number of anilines is 1. The number of hydrogen-bond acceptors (Lipinski definition) is 9. The van der Waals surface area contributed by atoms with E-state index in [1.165, 1.54) is 0 Å². The highest BCUT2D eigenvalue weighted by Crippen LogP contribution is 2.30. The summed E-state index contributed by atoms with van der Waals surface area (Å²) in [6, 6.07) is 0. The van der Waals surface area contributed by atoms with Crippen LogP contribution in [0.5, 0.6) is 11.8 Å². The molecule has 0 amide bonds. The largest absolute Gasteiger partial charge is 0.471 e. The third-order valence-electron chi connectivity index (χ3n) is 3.34. The average molecular weight is 428 g/mol. The molecule has 174 valence electrons. The zero-order valence-electron chi connectivity index (χ0n) is 20.0. The number of nitrogens with zero attached hydrogens (tertiary/aromatic N) is 2. The minimum Gasteiger partial charge on any atom is -0.471 e. The fourth-order valence-corrected chi connectivity index (χ4v) is 2.43. The number of aromatic nitrogens is 2. The fraction of sp³-hybridized carbons (Fsp3) is 0.810. The van der Waals surface area contributed by atoms with Crippen LogP contribution in [0.3, 0.4) is 0 Å². The quantitative estimate of drug-likeness (QED) is 0.329. The van der Waals surface area contributed by atoms with Crippen molar-refractivity contribution in [2.75, 3.05) is 25.4 Å². The van der Waals surface area contributed by atoms with Crippen molar-refractivity contribution in [2.45, 2.75) is 92.0 Å². The van der Waals surface area contributed by atoms with Crippen LogP contribution in [0.4, 0.5) is 5.95 Å². The molecule has 1 atom stereocenters. The van der Waals surface area contributed by atoms with Crippen molar-refractivity contribution in [3.63, 3.8) is 0 Å². The number of nitrogen functional groups attached to an aromatic ring is 1. The summed E-state index contributed by atoms with van der Waals surface area (Å²) in [5, 5.41) is 16.4. The number of hydrogen-bond donors (Lipinski definition) is 4. The van der Waals surface area contributed by atoms with Crippen LogP contribution in [0.1, 0.15) is 67.9 Å². The number of aliphatic hydroxyl groups excluding tert-OH is 1. The van der Waals surface area contributed by atoms with Crippen LogP contribution >= 0.6 is 0 Å². The molecule has 1 aromatic rings. The van der Waals surface area contributed by atoms with E-state index >= 15 is 0 Å². The number of nitrogens with one attached hydrogen (secondary N) is 2. The van der Waals surface area contributed by atoms with Crippen molar-refractivity contribution in [3.05, 3.63) is 5.56 Å². The Balaban J connectivity index is 2.74. The Bertz CT molecular complexity index is 626. The average Bonchev–Trinajstić information content (AvgIpc) is 2.47. The van der Waals surface area contributed by atoms with Gasteiger partial charge in [-0.3, -0.25) is 0 Å². The van der Waals surface area contributed by atoms with Crippen LogP contribution in [0, 0.1) is 0 Å². The van der Waals surface area contributed by atoms with Crippen LogP contribution in [0.15, 0.2) is 0 Å². The summed E-state index contributed by atoms with van der Waals surface area (Å²) in [6.07, 6.45) is -0.853. The third-order valence-corrected chi connectivity index (χ3v) is 3.34. The van der Waals surface area contributed by atoms with Crippen LogP contribution in [-0.4, -0.2) is 57.8 Å². The third kappa shape index (κ3) is 11.5. The summed E-state index contributed by atoms with van der Waals surface area (Å²) >= 11 is 0. The van der Waals surface area contributed by atoms with Crippen LogP contribution < -0.4 is 25.8 Å². The van der Waals surface area contributed by atoms with Crippen LogP contribution in [-0.2, 0) is 11.3 Å². The molecule has 0 radical (unpaired) electrons. The molecule has 9 heteroatoms. The molecular formula is C21H41N5O4. The summed E-state index contributed by atoms with van der Waals surface area (Å²) in [7, 11) is 0. The molecule has 0 spiro atoms. The van der Waals surface area contributed by atoms with Gasteiger partial charge < -0.3 is 35.7 Å². The second-order valence-corrected chi connectivity index (χ2v) is 10.2. The number of rotatable bonds is 10. The molecule has 1 unspecified atom stereocenters. The molecule has 1 rings (SSSR count). The first-order valence-electron chi connectivity index (χ1n) is 10.4. The van der Waals surface area contributed by atoms with E-state index in [1.807, 2.05) is 62.3 Å². The first-order chi connectivity index (χ1) is 13.6. The van der Waals surface area contributed by atoms with E-state index in [2.05, 4.69) is 20.6 Å². The van der Waals surface area contributed by atoms with E-state index in [0.29, 0.717) is 43.5 Å². The highest BCUT2D eigenvalue weighted by Gasteiger charge is 2.24. The first-order valence-corrected chi connectivity index (χ1v) is 10.4. The standard InChI is InChI=1S/C21H41N5O4/c1-19(2,3)28-15(27)13-24-11-10-23-12-14-16(29-20(4,5)6)25-18(22)26-17(14)30-21(7,8)9/h15,23-24,27H,10-13H2,1-9H3,(H2,22,25,26). The monoisotopic (exact) mass is 427 g/mol. The Kier molecular flexibility index (Phi) is 9.28. The molecule has 0 aliphatic carbocycles. The van der Waals surface area contributed by atoms with Crippen molar-refractivity contribution in [1.82, 2.24) is 20.6 Å². The lowest BCUT2D eigenvalue weighted by Crippen LogP contribution is -2.37. The molecule has 1 heterocycles. The highest BCUT2D eigenvalue weighted by molar-refractivity contribution is 5.40. The van der Waals surface area contributed by atoms with Gasteiger partial charge in [-0.1, -0.05) is 0 Å². The topological polar surface area (TPSA) is 124 Å². The molecule has 0 saturated carbocycles. The number of ether oxygens (including phenoxy) is 3. The van der Waals surface area contributed by atoms with E-state index in [1.54, 1.807) is 0 Å². The van der Waals surface area contributed by atoms with Gasteiger partial charge in [0.1, 0.15) is 11.2 Å². The Morgan fingerprint density at radius 2 is 1.30 bits per heavy atom. The minimum absolute atomic E-state index is 0.103. The van der Waals surface area contributed by atoms with Gasteiger partial charge >= 0.3 is 0 Å². The molecule has 0 fully saturated rings. The Morgan fingerprint density at radius 1 is 0.833 bits per heavy atom. The molecule has 0 saturated heterocycles. The van der Waals surface area contributed by atoms with Gasteiger partial charge in [0, 0.05) is 26.2 Å². The summed E-state index contributed by atoms with van der Waals surface area (Å²) in [5.74, 6) is 0.916. The summed E-state index contributed by atoms with van der Waals surface area (Å²) in [4.78, 5) is 8.56. The Hall–Kier alpha value is -1.68. The maximum atomic E-state index is 9.87. The molecular weight excluding hydrogens is 386 g/mol. The number of nitrogens with two attached hydrogens (primary N) is 1. The predicted molar refractivity (Wildman–Crippen MR) is 119 cm³/mol. The molecule has 5 N–H and O–H groups in total. The van der Waals surface area contributed by atoms with Gasteiger partial charge in [0.25, 0.3) is 0 Å². The van der Waals surface area contributed by atoms with Gasteiger partial charge in [0.2, 0.25) is 17.7 Å². The van der Waals surface area contributed by atoms with Crippen molar-refractivity contribution >= 4 is 5.95 Å². The highest BCUT2D eigenvalue weighted by atomic mass is 16.6. The van der Waals surface area contributed by atoms with Crippen LogP contribution in [0.25, 0.3) is 0 Å². The van der Waals surface area contributed by atoms with E-state index in [9.17, 15) is 5.11 Å². The molecule has 9 nitrogen and oxygen atoms in total. The van der Waals surface area contributed by atoms with Gasteiger partial charge in [-0.2, -0.15) is 9.97 Å². The van der Waals surface area contributed by atoms with E-state index in [-0.39, 0.29) is 11.5 Å². The minimum atomic E-state index is -0.853. The first kappa shape index (κ1) is 26.4. The second kappa shape index (κ2) is 10.6. The molecule has 0 aliphatic rings. The van der Waals surface area contributed by atoms with Crippen molar-refractivity contribution in [3.8, 4) is 11.8 Å². The SMILES string of the molecule is CC(C)(C)Oc1nc(N)nc(OC(C)(C)C)c1CNCCNCC(O)OC(C)(C)C. The zero-order valence-corrected chi connectivity index (χ0v) is 20.0. The molecule has 0 aromatic carbocycles. The summed E-state index contributed by atoms with van der Waals surface area (Å²) in [5.41, 5.74) is 5.32. The van der Waals surface area contributed by atoms with Gasteiger partial charge in [-0.15, -0.1) is 0 Å². The maximum Gasteiger partial charge on any atom is 0.227 e. The zero-order chi connectivity index (χ0) is 23.2. The van der Waals surface area contributed by atoms with Gasteiger partial charge in [0.05, 0.1) is 11.2 Å². The lowest BCUT2D eigenvalue weighted by Gasteiger charge is -2.26. The smallest absolute Gasteiger partial charge is 0.227 e. The summed E-state index contributed by atoms with van der Waals surface area (Å²) in [6.45, 7) is 19.5. The molecule has 1 aromatic heterocycles. The van der Waals surface area contributed by atoms with Gasteiger partial charge in [-0.05, 0) is 62.3 Å². The van der Waals surface area contributed by atoms with Crippen molar-refractivity contribution in [1.29, 1.82) is 0 Å². The van der Waals surface area contributed by atoms with Gasteiger partial charge in [0.15, 0.2) is 6.29 Å². The van der Waals surface area contributed by atoms with Gasteiger partial charge in [-0.25, -0.2) is 0 Å². The number of aliphatic hydroxyl groups is 1. The Morgan fingerprint density at radius 3 is 1.73 bits per heavy atom. The molecule has 0 bridgehead atoms. The fourth-order valence-electron chi connectivity index (χ4n) is 2.43. The maximum absolute atomic E-state index is 9.87.